The van der Waals surface area contributed by atoms with E-state index in [4.69, 9.17) is 14.6 Å². The summed E-state index contributed by atoms with van der Waals surface area (Å²) in [6.07, 6.45) is 0.118. The van der Waals surface area contributed by atoms with Crippen LogP contribution in [0.1, 0.15) is 43.2 Å². The van der Waals surface area contributed by atoms with Crippen LogP contribution in [0.15, 0.2) is 48.5 Å². The highest BCUT2D eigenvalue weighted by molar-refractivity contribution is 5.86. The topological polar surface area (TPSA) is 114 Å². The van der Waals surface area contributed by atoms with Crippen LogP contribution in [0, 0.1) is 0 Å². The molecule has 0 spiro atoms. The number of methoxy groups -OCH3 is 1. The van der Waals surface area contributed by atoms with Gasteiger partial charge in [0.25, 0.3) is 0 Å². The molecule has 0 radical (unpaired) electrons. The number of nitrogens with one attached hydrogen (secondary N) is 2. The Morgan fingerprint density at radius 1 is 1.00 bits per heavy atom. The van der Waals surface area contributed by atoms with Crippen LogP contribution in [0.2, 0.25) is 0 Å². The Labute approximate surface area is 193 Å². The van der Waals surface area contributed by atoms with Crippen molar-refractivity contribution in [1.82, 2.24) is 10.6 Å². The molecule has 0 fully saturated rings. The number of ether oxygens (including phenoxy) is 2. The summed E-state index contributed by atoms with van der Waals surface area (Å²) in [5.41, 5.74) is 4.46. The minimum Gasteiger partial charge on any atom is -0.481 e. The molecule has 0 bridgehead atoms. The zero-order chi connectivity index (χ0) is 23.8. The largest absolute Gasteiger partial charge is 0.481 e. The molecular weight excluding hydrogens is 424 g/mol. The van der Waals surface area contributed by atoms with Crippen molar-refractivity contribution >= 4 is 18.0 Å². The maximum Gasteiger partial charge on any atom is 0.407 e. The van der Waals surface area contributed by atoms with Crippen molar-refractivity contribution in [2.24, 2.45) is 0 Å². The summed E-state index contributed by atoms with van der Waals surface area (Å²) in [7, 11) is 1.43. The number of hydrogen-bond acceptors (Lipinski definition) is 5. The average Bonchev–Trinajstić information content (AvgIpc) is 3.13. The van der Waals surface area contributed by atoms with E-state index in [1.54, 1.807) is 0 Å². The van der Waals surface area contributed by atoms with Crippen LogP contribution in [0.3, 0.4) is 0 Å². The maximum absolute atomic E-state index is 12.7. The number of carbonyl (C=O) groups excluding carboxylic acids is 2. The molecule has 1 unspecified atom stereocenters. The van der Waals surface area contributed by atoms with Gasteiger partial charge in [-0.25, -0.2) is 4.79 Å². The highest BCUT2D eigenvalue weighted by Gasteiger charge is 2.30. The van der Waals surface area contributed by atoms with Gasteiger partial charge in [0.15, 0.2) is 0 Å². The third-order valence-corrected chi connectivity index (χ3v) is 5.83. The van der Waals surface area contributed by atoms with Gasteiger partial charge >= 0.3 is 12.1 Å². The van der Waals surface area contributed by atoms with Crippen LogP contribution in [0.25, 0.3) is 11.1 Å². The lowest BCUT2D eigenvalue weighted by Gasteiger charge is -2.22. The second kappa shape index (κ2) is 11.5. The summed E-state index contributed by atoms with van der Waals surface area (Å²) in [4.78, 5) is 36.0. The van der Waals surface area contributed by atoms with Gasteiger partial charge in [-0.15, -0.1) is 0 Å². The van der Waals surface area contributed by atoms with Gasteiger partial charge in [0.2, 0.25) is 5.91 Å². The van der Waals surface area contributed by atoms with E-state index in [1.165, 1.54) is 7.11 Å². The summed E-state index contributed by atoms with van der Waals surface area (Å²) in [6, 6.07) is 14.8. The van der Waals surface area contributed by atoms with E-state index in [0.717, 1.165) is 22.3 Å². The lowest BCUT2D eigenvalue weighted by molar-refractivity contribution is -0.137. The summed E-state index contributed by atoms with van der Waals surface area (Å²) in [6.45, 7) is 1.96. The summed E-state index contributed by atoms with van der Waals surface area (Å²) in [5.74, 6) is -1.45. The van der Waals surface area contributed by atoms with Gasteiger partial charge in [0.1, 0.15) is 12.6 Å². The number of aliphatic carboxylic acids is 1. The molecule has 1 aliphatic carbocycles. The molecule has 8 nitrogen and oxygen atoms in total. The van der Waals surface area contributed by atoms with Crippen molar-refractivity contribution in [1.29, 1.82) is 0 Å². The summed E-state index contributed by atoms with van der Waals surface area (Å²) >= 11 is 0. The number of carboxylic acids is 1. The van der Waals surface area contributed by atoms with Gasteiger partial charge in [-0.1, -0.05) is 55.5 Å². The third-order valence-electron chi connectivity index (χ3n) is 5.83. The normalized spacial score (nSPS) is 14.0. The van der Waals surface area contributed by atoms with Crippen LogP contribution >= 0.6 is 0 Å². The van der Waals surface area contributed by atoms with Crippen molar-refractivity contribution < 1.29 is 29.0 Å². The molecule has 2 atom stereocenters. The van der Waals surface area contributed by atoms with Gasteiger partial charge < -0.3 is 25.2 Å². The first-order valence-corrected chi connectivity index (χ1v) is 11.1. The second-order valence-corrected chi connectivity index (χ2v) is 8.02. The number of rotatable bonds is 11. The first-order chi connectivity index (χ1) is 15.9. The molecule has 176 valence electrons. The number of fused-ring (bicyclic) bond motifs is 3. The Bertz CT molecular complexity index is 947. The van der Waals surface area contributed by atoms with E-state index in [1.807, 2.05) is 43.3 Å². The van der Waals surface area contributed by atoms with Crippen molar-refractivity contribution in [2.75, 3.05) is 20.3 Å². The monoisotopic (exact) mass is 454 g/mol. The quantitative estimate of drug-likeness (QED) is 0.480. The minimum atomic E-state index is -0.954. The van der Waals surface area contributed by atoms with E-state index < -0.39 is 24.0 Å². The van der Waals surface area contributed by atoms with Gasteiger partial charge in [-0.05, 0) is 35.1 Å². The third kappa shape index (κ3) is 6.10. The first-order valence-electron chi connectivity index (χ1n) is 11.1. The lowest BCUT2D eigenvalue weighted by atomic mass is 9.98. The fourth-order valence-corrected chi connectivity index (χ4v) is 4.11. The van der Waals surface area contributed by atoms with Gasteiger partial charge in [0.05, 0.1) is 6.61 Å². The molecule has 2 aromatic carbocycles. The molecule has 1 aliphatic rings. The maximum atomic E-state index is 12.7. The molecule has 2 aromatic rings. The van der Waals surface area contributed by atoms with Crippen molar-refractivity contribution in [2.45, 2.75) is 44.2 Å². The summed E-state index contributed by atoms with van der Waals surface area (Å²) < 4.78 is 10.6. The molecule has 2 amide bonds. The number of carboxylic acid groups (broad SMARTS) is 1. The molecule has 0 saturated heterocycles. The SMILES string of the molecule is CCC(CCC(=O)O)NC(=O)[C@H](COC)NC(=O)OCC1c2ccccc2-c2ccccc21. The van der Waals surface area contributed by atoms with Crippen LogP contribution in [0.5, 0.6) is 0 Å². The Kier molecular flexibility index (Phi) is 8.43. The van der Waals surface area contributed by atoms with Gasteiger partial charge in [0, 0.05) is 25.5 Å². The molecule has 0 aliphatic heterocycles. The van der Waals surface area contributed by atoms with Crippen LogP contribution in [-0.4, -0.2) is 55.5 Å². The van der Waals surface area contributed by atoms with E-state index in [-0.39, 0.29) is 31.6 Å². The molecule has 3 rings (SSSR count). The zero-order valence-electron chi connectivity index (χ0n) is 18.9. The number of carbonyl (C=O) groups is 3. The zero-order valence-corrected chi connectivity index (χ0v) is 18.9. The number of alkyl carbamates (subject to hydrolysis) is 1. The Balaban J connectivity index is 1.60. The van der Waals surface area contributed by atoms with Crippen molar-refractivity contribution in [3.63, 3.8) is 0 Å². The molecule has 0 saturated carbocycles. The van der Waals surface area contributed by atoms with Crippen molar-refractivity contribution in [3.8, 4) is 11.1 Å². The predicted octanol–water partition coefficient (Wildman–Crippen LogP) is 3.30. The van der Waals surface area contributed by atoms with Crippen LogP contribution in [-0.2, 0) is 19.1 Å². The molecule has 8 heteroatoms. The minimum absolute atomic E-state index is 0.0363. The fourth-order valence-electron chi connectivity index (χ4n) is 4.11. The fraction of sp³-hybridized carbons (Fsp3) is 0.400. The lowest BCUT2D eigenvalue weighted by Crippen LogP contribution is -2.52. The number of amides is 2. The van der Waals surface area contributed by atoms with Gasteiger partial charge in [-0.2, -0.15) is 0 Å². The molecule has 33 heavy (non-hydrogen) atoms. The molecular formula is C25H30N2O6. The van der Waals surface area contributed by atoms with Crippen LogP contribution in [0.4, 0.5) is 4.79 Å². The highest BCUT2D eigenvalue weighted by Crippen LogP contribution is 2.44. The smallest absolute Gasteiger partial charge is 0.407 e. The summed E-state index contributed by atoms with van der Waals surface area (Å²) in [5, 5.41) is 14.2. The van der Waals surface area contributed by atoms with E-state index in [0.29, 0.717) is 12.8 Å². The number of hydrogen-bond donors (Lipinski definition) is 3. The van der Waals surface area contributed by atoms with Crippen molar-refractivity contribution in [3.05, 3.63) is 59.7 Å². The Morgan fingerprint density at radius 2 is 1.61 bits per heavy atom. The second-order valence-electron chi connectivity index (χ2n) is 8.02. The predicted molar refractivity (Wildman–Crippen MR) is 123 cm³/mol. The first kappa shape index (κ1) is 24.3. The number of benzene rings is 2. The standard InChI is InChI=1S/C25H30N2O6/c1-3-16(12-13-23(28)29)26-24(30)22(15-32-2)27-25(31)33-14-21-19-10-6-4-8-17(19)18-9-5-7-11-20(18)21/h4-11,16,21-22H,3,12-15H2,1-2H3,(H,26,30)(H,27,31)(H,28,29)/t16?,22-/m0/s1. The molecule has 0 aromatic heterocycles. The Morgan fingerprint density at radius 3 is 2.15 bits per heavy atom. The average molecular weight is 455 g/mol. The highest BCUT2D eigenvalue weighted by atomic mass is 16.5. The van der Waals surface area contributed by atoms with E-state index in [2.05, 4.69) is 22.8 Å². The van der Waals surface area contributed by atoms with Gasteiger partial charge in [-0.3, -0.25) is 9.59 Å². The molecule has 3 N–H and O–H groups in total. The van der Waals surface area contributed by atoms with E-state index >= 15 is 0 Å². The van der Waals surface area contributed by atoms with Crippen LogP contribution < -0.4 is 10.6 Å². The van der Waals surface area contributed by atoms with E-state index in [9.17, 15) is 14.4 Å². The molecule has 0 heterocycles. The Hall–Kier alpha value is -3.39.